The smallest absolute Gasteiger partial charge is 0.240 e. The molecule has 2 aromatic rings. The Bertz CT molecular complexity index is 542. The molecule has 0 fully saturated rings. The van der Waals surface area contributed by atoms with Crippen molar-refractivity contribution in [1.82, 2.24) is 10.1 Å². The zero-order chi connectivity index (χ0) is 12.4. The summed E-state index contributed by atoms with van der Waals surface area (Å²) in [4.78, 5) is 4.10. The molecule has 0 atom stereocenters. The van der Waals surface area contributed by atoms with Crippen molar-refractivity contribution in [3.05, 3.63) is 33.9 Å². The van der Waals surface area contributed by atoms with Gasteiger partial charge in [-0.3, -0.25) is 0 Å². The lowest BCUT2D eigenvalue weighted by Gasteiger charge is -2.04. The van der Waals surface area contributed by atoms with Crippen LogP contribution in [-0.2, 0) is 13.0 Å². The van der Waals surface area contributed by atoms with Gasteiger partial charge in [-0.2, -0.15) is 4.98 Å². The lowest BCUT2D eigenvalue weighted by Crippen LogP contribution is -1.96. The van der Waals surface area contributed by atoms with Crippen LogP contribution in [0.3, 0.4) is 0 Å². The average Bonchev–Trinajstić information content (AvgIpc) is 2.81. The third kappa shape index (κ3) is 2.37. The van der Waals surface area contributed by atoms with E-state index in [1.807, 2.05) is 6.92 Å². The molecule has 0 saturated heterocycles. The summed E-state index contributed by atoms with van der Waals surface area (Å²) in [5.41, 5.74) is 6.70. The third-order valence-electron chi connectivity index (χ3n) is 2.39. The summed E-state index contributed by atoms with van der Waals surface area (Å²) < 4.78 is 18.9. The zero-order valence-corrected chi connectivity index (χ0v) is 10.8. The lowest BCUT2D eigenvalue weighted by molar-refractivity contribution is 0.380. The van der Waals surface area contributed by atoms with Crippen LogP contribution in [0.5, 0.6) is 0 Å². The van der Waals surface area contributed by atoms with Gasteiger partial charge in [-0.1, -0.05) is 12.1 Å². The van der Waals surface area contributed by atoms with E-state index in [2.05, 4.69) is 26.1 Å². The van der Waals surface area contributed by atoms with Crippen molar-refractivity contribution in [3.63, 3.8) is 0 Å². The number of nitrogens with two attached hydrogens (primary N) is 1. The zero-order valence-electron chi connectivity index (χ0n) is 9.20. The van der Waals surface area contributed by atoms with Gasteiger partial charge in [-0.15, -0.1) is 0 Å². The molecular formula is C11H11BrFN3O. The van der Waals surface area contributed by atoms with E-state index in [4.69, 9.17) is 10.3 Å². The summed E-state index contributed by atoms with van der Waals surface area (Å²) in [6.07, 6.45) is 0.597. The number of aromatic nitrogens is 2. The number of halogens is 2. The van der Waals surface area contributed by atoms with Crippen LogP contribution in [0, 0.1) is 5.82 Å². The van der Waals surface area contributed by atoms with Crippen molar-refractivity contribution in [2.24, 2.45) is 5.73 Å². The first-order valence-electron chi connectivity index (χ1n) is 5.16. The molecule has 0 saturated carbocycles. The first-order valence-corrected chi connectivity index (χ1v) is 5.96. The fourth-order valence-corrected chi connectivity index (χ4v) is 1.99. The standard InChI is InChI=1S/C11H11BrFN3O/c1-2-6-3-7(4-8(12)10(6)13)11-15-9(5-14)17-16-11/h3-4H,2,5,14H2,1H3. The highest BCUT2D eigenvalue weighted by Crippen LogP contribution is 2.26. The van der Waals surface area contributed by atoms with Gasteiger partial charge in [-0.25, -0.2) is 4.39 Å². The molecule has 1 aromatic heterocycles. The predicted octanol–water partition coefficient (Wildman–Crippen LogP) is 2.66. The van der Waals surface area contributed by atoms with Crippen molar-refractivity contribution >= 4 is 15.9 Å². The molecule has 1 heterocycles. The summed E-state index contributed by atoms with van der Waals surface area (Å²) in [7, 11) is 0. The maximum Gasteiger partial charge on any atom is 0.240 e. The molecule has 4 nitrogen and oxygen atoms in total. The quantitative estimate of drug-likeness (QED) is 0.946. The Balaban J connectivity index is 2.48. The van der Waals surface area contributed by atoms with E-state index in [9.17, 15) is 4.39 Å². The van der Waals surface area contributed by atoms with Gasteiger partial charge >= 0.3 is 0 Å². The second-order valence-corrected chi connectivity index (χ2v) is 4.35. The van der Waals surface area contributed by atoms with Gasteiger partial charge < -0.3 is 10.3 Å². The van der Waals surface area contributed by atoms with Gasteiger partial charge in [0, 0.05) is 5.56 Å². The van der Waals surface area contributed by atoms with E-state index in [0.717, 1.165) is 0 Å². The number of hydrogen-bond acceptors (Lipinski definition) is 4. The van der Waals surface area contributed by atoms with Gasteiger partial charge in [-0.05, 0) is 40.0 Å². The minimum Gasteiger partial charge on any atom is -0.338 e. The predicted molar refractivity (Wildman–Crippen MR) is 64.7 cm³/mol. The highest BCUT2D eigenvalue weighted by atomic mass is 79.9. The summed E-state index contributed by atoms with van der Waals surface area (Å²) in [5, 5.41) is 3.79. The van der Waals surface area contributed by atoms with E-state index >= 15 is 0 Å². The van der Waals surface area contributed by atoms with Gasteiger partial charge in [0.25, 0.3) is 0 Å². The third-order valence-corrected chi connectivity index (χ3v) is 2.96. The van der Waals surface area contributed by atoms with Crippen molar-refractivity contribution in [2.75, 3.05) is 0 Å². The minimum absolute atomic E-state index is 0.190. The Labute approximate surface area is 106 Å². The normalized spacial score (nSPS) is 10.8. The van der Waals surface area contributed by atoms with Crippen LogP contribution in [0.25, 0.3) is 11.4 Å². The van der Waals surface area contributed by atoms with Crippen LogP contribution < -0.4 is 5.73 Å². The molecule has 0 aliphatic heterocycles. The number of aryl methyl sites for hydroxylation is 1. The van der Waals surface area contributed by atoms with Crippen LogP contribution in [-0.4, -0.2) is 10.1 Å². The van der Waals surface area contributed by atoms with Crippen LogP contribution in [0.2, 0.25) is 0 Å². The molecule has 0 amide bonds. The number of benzene rings is 1. The molecular weight excluding hydrogens is 289 g/mol. The molecule has 2 rings (SSSR count). The van der Waals surface area contributed by atoms with Gasteiger partial charge in [0.15, 0.2) is 0 Å². The van der Waals surface area contributed by atoms with Crippen LogP contribution in [0.15, 0.2) is 21.1 Å². The van der Waals surface area contributed by atoms with E-state index in [0.29, 0.717) is 33.7 Å². The largest absolute Gasteiger partial charge is 0.338 e. The lowest BCUT2D eigenvalue weighted by atomic mass is 10.1. The molecule has 90 valence electrons. The second-order valence-electron chi connectivity index (χ2n) is 3.50. The molecule has 0 radical (unpaired) electrons. The number of hydrogen-bond donors (Lipinski definition) is 1. The maximum atomic E-state index is 13.6. The summed E-state index contributed by atoms with van der Waals surface area (Å²) in [6, 6.07) is 3.34. The molecule has 1 aromatic carbocycles. The Morgan fingerprint density at radius 2 is 2.24 bits per heavy atom. The number of nitrogens with zero attached hydrogens (tertiary/aromatic N) is 2. The minimum atomic E-state index is -0.251. The summed E-state index contributed by atoms with van der Waals surface area (Å²) in [6.45, 7) is 2.08. The molecule has 0 aliphatic carbocycles. The molecule has 0 unspecified atom stereocenters. The van der Waals surface area contributed by atoms with Gasteiger partial charge in [0.05, 0.1) is 11.0 Å². The van der Waals surface area contributed by atoms with E-state index < -0.39 is 0 Å². The number of rotatable bonds is 3. The van der Waals surface area contributed by atoms with E-state index in [-0.39, 0.29) is 12.4 Å². The summed E-state index contributed by atoms with van der Waals surface area (Å²) in [5.74, 6) is 0.526. The van der Waals surface area contributed by atoms with Gasteiger partial charge in [0.2, 0.25) is 11.7 Å². The first-order chi connectivity index (χ1) is 8.15. The van der Waals surface area contributed by atoms with Crippen LogP contribution in [0.1, 0.15) is 18.4 Å². The average molecular weight is 300 g/mol. The highest BCUT2D eigenvalue weighted by Gasteiger charge is 2.13. The van der Waals surface area contributed by atoms with Crippen LogP contribution >= 0.6 is 15.9 Å². The Morgan fingerprint density at radius 1 is 1.47 bits per heavy atom. The first kappa shape index (κ1) is 12.2. The van der Waals surface area contributed by atoms with Crippen molar-refractivity contribution in [2.45, 2.75) is 19.9 Å². The highest BCUT2D eigenvalue weighted by molar-refractivity contribution is 9.10. The molecule has 17 heavy (non-hydrogen) atoms. The molecule has 0 aliphatic rings. The van der Waals surface area contributed by atoms with Crippen molar-refractivity contribution in [1.29, 1.82) is 0 Å². The Hall–Kier alpha value is -1.27. The Kier molecular flexibility index (Phi) is 3.54. The van der Waals surface area contributed by atoms with Crippen molar-refractivity contribution in [3.8, 4) is 11.4 Å². The molecule has 2 N–H and O–H groups in total. The molecule has 0 spiro atoms. The molecule has 6 heteroatoms. The summed E-state index contributed by atoms with van der Waals surface area (Å²) >= 11 is 3.17. The second kappa shape index (κ2) is 4.93. The van der Waals surface area contributed by atoms with Crippen molar-refractivity contribution < 1.29 is 8.91 Å². The van der Waals surface area contributed by atoms with E-state index in [1.165, 1.54) is 0 Å². The fourth-order valence-electron chi connectivity index (χ4n) is 1.49. The van der Waals surface area contributed by atoms with Crippen LogP contribution in [0.4, 0.5) is 4.39 Å². The monoisotopic (exact) mass is 299 g/mol. The van der Waals surface area contributed by atoms with E-state index in [1.54, 1.807) is 12.1 Å². The fraction of sp³-hybridized carbons (Fsp3) is 0.273. The van der Waals surface area contributed by atoms with Gasteiger partial charge in [0.1, 0.15) is 5.82 Å². The topological polar surface area (TPSA) is 64.9 Å². The Morgan fingerprint density at radius 3 is 2.82 bits per heavy atom. The SMILES string of the molecule is CCc1cc(-c2noc(CN)n2)cc(Br)c1F. The molecule has 0 bridgehead atoms. The maximum absolute atomic E-state index is 13.6.